The largest absolute Gasteiger partial charge is 0.459 e. The summed E-state index contributed by atoms with van der Waals surface area (Å²) in [6.45, 7) is 9.45. The third-order valence-electron chi connectivity index (χ3n) is 2.59. The fourth-order valence-corrected chi connectivity index (χ4v) is 1.81. The second kappa shape index (κ2) is 5.15. The summed E-state index contributed by atoms with van der Waals surface area (Å²) in [6, 6.07) is 0. The van der Waals surface area contributed by atoms with Crippen molar-refractivity contribution in [1.29, 1.82) is 0 Å². The van der Waals surface area contributed by atoms with Crippen molar-refractivity contribution in [3.8, 4) is 0 Å². The van der Waals surface area contributed by atoms with Crippen molar-refractivity contribution in [1.82, 2.24) is 5.32 Å². The summed E-state index contributed by atoms with van der Waals surface area (Å²) >= 11 is 0. The number of rotatable bonds is 4. The van der Waals surface area contributed by atoms with Gasteiger partial charge < -0.3 is 9.47 Å². The minimum atomic E-state index is -0.622. The van der Waals surface area contributed by atoms with Gasteiger partial charge in [0.25, 0.3) is 0 Å². The van der Waals surface area contributed by atoms with Crippen LogP contribution in [0.4, 0.5) is 0 Å². The molecular formula is C12H23NO3. The molecule has 0 aliphatic carbocycles. The monoisotopic (exact) mass is 229 g/mol. The van der Waals surface area contributed by atoms with Crippen LogP contribution in [0.25, 0.3) is 0 Å². The van der Waals surface area contributed by atoms with E-state index in [1.54, 1.807) is 0 Å². The Kier molecular flexibility index (Phi) is 4.33. The summed E-state index contributed by atoms with van der Waals surface area (Å²) in [5.41, 5.74) is -1.07. The smallest absolute Gasteiger partial charge is 0.329 e. The average molecular weight is 229 g/mol. The molecule has 0 unspecified atom stereocenters. The van der Waals surface area contributed by atoms with Crippen LogP contribution < -0.4 is 5.32 Å². The van der Waals surface area contributed by atoms with Crippen LogP contribution in [0.15, 0.2) is 0 Å². The quantitative estimate of drug-likeness (QED) is 0.742. The van der Waals surface area contributed by atoms with E-state index < -0.39 is 11.1 Å². The Labute approximate surface area is 97.7 Å². The van der Waals surface area contributed by atoms with E-state index in [0.717, 1.165) is 19.4 Å². The summed E-state index contributed by atoms with van der Waals surface area (Å²) in [5.74, 6) is -0.189. The van der Waals surface area contributed by atoms with Gasteiger partial charge in [-0.3, -0.25) is 5.32 Å². The second-order valence-corrected chi connectivity index (χ2v) is 5.25. The number of carbonyl (C=O) groups excluding carboxylic acids is 1. The third kappa shape index (κ3) is 3.46. The first-order valence-electron chi connectivity index (χ1n) is 5.96. The average Bonchev–Trinajstić information content (AvgIpc) is 2.61. The molecule has 0 saturated carbocycles. The zero-order chi connectivity index (χ0) is 12.2. The van der Waals surface area contributed by atoms with E-state index in [4.69, 9.17) is 9.47 Å². The Balaban J connectivity index is 2.65. The van der Waals surface area contributed by atoms with Gasteiger partial charge in [-0.15, -0.1) is 0 Å². The van der Waals surface area contributed by atoms with Gasteiger partial charge in [-0.1, -0.05) is 0 Å². The zero-order valence-corrected chi connectivity index (χ0v) is 10.8. The van der Waals surface area contributed by atoms with Crippen LogP contribution in [-0.4, -0.2) is 36.9 Å². The molecule has 1 aliphatic rings. The van der Waals surface area contributed by atoms with Crippen molar-refractivity contribution in [2.45, 2.75) is 51.7 Å². The first kappa shape index (κ1) is 13.5. The SMILES string of the molecule is CCOC[C@@]1(C(=O)OC(C)(C)C)CCCN1. The predicted octanol–water partition coefficient (Wildman–Crippen LogP) is 1.49. The highest BCUT2D eigenvalue weighted by Gasteiger charge is 2.44. The number of carbonyl (C=O) groups is 1. The molecule has 1 heterocycles. The van der Waals surface area contributed by atoms with Gasteiger partial charge in [-0.25, -0.2) is 4.79 Å². The highest BCUT2D eigenvalue weighted by atomic mass is 16.6. The fourth-order valence-electron chi connectivity index (χ4n) is 1.81. The minimum absolute atomic E-state index is 0.189. The van der Waals surface area contributed by atoms with Crippen molar-refractivity contribution in [3.63, 3.8) is 0 Å². The molecule has 1 fully saturated rings. The van der Waals surface area contributed by atoms with Crippen molar-refractivity contribution >= 4 is 5.97 Å². The fraction of sp³-hybridized carbons (Fsp3) is 0.917. The standard InChI is InChI=1S/C12H23NO3/c1-5-15-9-12(7-6-8-13-12)10(14)16-11(2,3)4/h13H,5-9H2,1-4H3/t12-/m1/s1. The predicted molar refractivity (Wildman–Crippen MR) is 62.3 cm³/mol. The molecule has 0 amide bonds. The Hall–Kier alpha value is -0.610. The van der Waals surface area contributed by atoms with E-state index in [-0.39, 0.29) is 5.97 Å². The molecule has 0 bridgehead atoms. The molecule has 4 heteroatoms. The van der Waals surface area contributed by atoms with Gasteiger partial charge in [0, 0.05) is 6.61 Å². The summed E-state index contributed by atoms with van der Waals surface area (Å²) in [5, 5.41) is 3.23. The molecule has 1 aliphatic heterocycles. The van der Waals surface area contributed by atoms with Crippen LogP contribution in [-0.2, 0) is 14.3 Å². The molecule has 0 spiro atoms. The molecule has 0 aromatic heterocycles. The number of hydrogen-bond donors (Lipinski definition) is 1. The lowest BCUT2D eigenvalue weighted by atomic mass is 9.98. The van der Waals surface area contributed by atoms with Crippen LogP contribution >= 0.6 is 0 Å². The summed E-state index contributed by atoms with van der Waals surface area (Å²) < 4.78 is 10.8. The lowest BCUT2D eigenvalue weighted by Crippen LogP contribution is -2.54. The summed E-state index contributed by atoms with van der Waals surface area (Å²) in [7, 11) is 0. The maximum atomic E-state index is 12.1. The van der Waals surface area contributed by atoms with E-state index in [9.17, 15) is 4.79 Å². The second-order valence-electron chi connectivity index (χ2n) is 5.25. The highest BCUT2D eigenvalue weighted by Crippen LogP contribution is 2.24. The summed E-state index contributed by atoms with van der Waals surface area (Å²) in [4.78, 5) is 12.1. The molecule has 1 N–H and O–H groups in total. The summed E-state index contributed by atoms with van der Waals surface area (Å²) in [6.07, 6.45) is 1.79. The number of esters is 1. The normalized spacial score (nSPS) is 25.8. The van der Waals surface area contributed by atoms with Gasteiger partial charge in [-0.2, -0.15) is 0 Å². The number of nitrogens with one attached hydrogen (secondary N) is 1. The lowest BCUT2D eigenvalue weighted by molar-refractivity contribution is -0.165. The Morgan fingerprint density at radius 1 is 1.44 bits per heavy atom. The van der Waals surface area contributed by atoms with E-state index in [1.165, 1.54) is 0 Å². The Bertz CT molecular complexity index is 239. The molecular weight excluding hydrogens is 206 g/mol. The molecule has 0 aromatic carbocycles. The van der Waals surface area contributed by atoms with E-state index in [2.05, 4.69) is 5.32 Å². The maximum absolute atomic E-state index is 12.1. The Morgan fingerprint density at radius 2 is 2.12 bits per heavy atom. The lowest BCUT2D eigenvalue weighted by Gasteiger charge is -2.31. The van der Waals surface area contributed by atoms with Crippen LogP contribution in [0, 0.1) is 0 Å². The molecule has 1 saturated heterocycles. The minimum Gasteiger partial charge on any atom is -0.459 e. The molecule has 1 atom stereocenters. The van der Waals surface area contributed by atoms with Crippen LogP contribution in [0.3, 0.4) is 0 Å². The van der Waals surface area contributed by atoms with Crippen molar-refractivity contribution in [3.05, 3.63) is 0 Å². The number of ether oxygens (including phenoxy) is 2. The molecule has 16 heavy (non-hydrogen) atoms. The number of hydrogen-bond acceptors (Lipinski definition) is 4. The molecule has 0 radical (unpaired) electrons. The third-order valence-corrected chi connectivity index (χ3v) is 2.59. The van der Waals surface area contributed by atoms with Crippen LogP contribution in [0.1, 0.15) is 40.5 Å². The molecule has 0 aromatic rings. The van der Waals surface area contributed by atoms with Gasteiger partial charge in [0.15, 0.2) is 0 Å². The van der Waals surface area contributed by atoms with Gasteiger partial charge in [0.05, 0.1) is 6.61 Å². The highest BCUT2D eigenvalue weighted by molar-refractivity contribution is 5.81. The van der Waals surface area contributed by atoms with Crippen LogP contribution in [0.2, 0.25) is 0 Å². The molecule has 1 rings (SSSR count). The van der Waals surface area contributed by atoms with Gasteiger partial charge in [-0.05, 0) is 47.1 Å². The first-order chi connectivity index (χ1) is 7.40. The topological polar surface area (TPSA) is 47.6 Å². The van der Waals surface area contributed by atoms with Crippen molar-refractivity contribution < 1.29 is 14.3 Å². The molecule has 94 valence electrons. The van der Waals surface area contributed by atoms with Gasteiger partial charge in [0.1, 0.15) is 11.1 Å². The van der Waals surface area contributed by atoms with E-state index >= 15 is 0 Å². The van der Waals surface area contributed by atoms with Gasteiger partial charge in [0.2, 0.25) is 0 Å². The van der Waals surface area contributed by atoms with E-state index in [1.807, 2.05) is 27.7 Å². The zero-order valence-electron chi connectivity index (χ0n) is 10.8. The van der Waals surface area contributed by atoms with Crippen LogP contribution in [0.5, 0.6) is 0 Å². The molecule has 4 nitrogen and oxygen atoms in total. The van der Waals surface area contributed by atoms with Gasteiger partial charge >= 0.3 is 5.97 Å². The Morgan fingerprint density at radius 3 is 2.56 bits per heavy atom. The first-order valence-corrected chi connectivity index (χ1v) is 5.96. The maximum Gasteiger partial charge on any atom is 0.329 e. The van der Waals surface area contributed by atoms with Crippen molar-refractivity contribution in [2.75, 3.05) is 19.8 Å². The van der Waals surface area contributed by atoms with E-state index in [0.29, 0.717) is 13.2 Å². The van der Waals surface area contributed by atoms with Crippen molar-refractivity contribution in [2.24, 2.45) is 0 Å².